The number of benzene rings is 2. The zero-order valence-corrected chi connectivity index (χ0v) is 16.8. The van der Waals surface area contributed by atoms with Crippen LogP contribution in [-0.2, 0) is 22.4 Å². The van der Waals surface area contributed by atoms with Gasteiger partial charge in [0.05, 0.1) is 10.9 Å². The summed E-state index contributed by atoms with van der Waals surface area (Å²) in [4.78, 5) is 37.2. The second-order valence-electron chi connectivity index (χ2n) is 6.85. The van der Waals surface area contributed by atoms with E-state index in [0.29, 0.717) is 23.4 Å². The molecule has 8 heteroatoms. The SMILES string of the molecule is C[C@@]1(CCc2ccccc2)NC(=O)N(NC(=O)Cc2ccc(F)c(Br)c2)C1=O. The summed E-state index contributed by atoms with van der Waals surface area (Å²) < 4.78 is 13.5. The van der Waals surface area contributed by atoms with Crippen LogP contribution < -0.4 is 10.7 Å². The Bertz CT molecular complexity index is 922. The fourth-order valence-corrected chi connectivity index (χ4v) is 3.42. The summed E-state index contributed by atoms with van der Waals surface area (Å²) in [5, 5.41) is 3.37. The average Bonchev–Trinajstić information content (AvgIpc) is 2.87. The highest BCUT2D eigenvalue weighted by Crippen LogP contribution is 2.22. The number of carbonyl (C=O) groups excluding carboxylic acids is 3. The highest BCUT2D eigenvalue weighted by atomic mass is 79.9. The molecule has 0 spiro atoms. The molecule has 2 aromatic carbocycles. The molecule has 1 aliphatic heterocycles. The molecule has 4 amide bonds. The molecule has 1 aliphatic rings. The zero-order valence-electron chi connectivity index (χ0n) is 15.2. The number of halogens is 2. The van der Waals surface area contributed by atoms with E-state index < -0.39 is 29.2 Å². The first kappa shape index (κ1) is 20.0. The average molecular weight is 448 g/mol. The Hall–Kier alpha value is -2.74. The molecule has 1 atom stereocenters. The lowest BCUT2D eigenvalue weighted by Crippen LogP contribution is -2.49. The van der Waals surface area contributed by atoms with Crippen molar-refractivity contribution < 1.29 is 18.8 Å². The van der Waals surface area contributed by atoms with Crippen molar-refractivity contribution in [3.63, 3.8) is 0 Å². The first-order valence-electron chi connectivity index (χ1n) is 8.72. The second-order valence-corrected chi connectivity index (χ2v) is 7.70. The molecule has 0 aromatic heterocycles. The molecule has 2 aromatic rings. The van der Waals surface area contributed by atoms with Gasteiger partial charge in [-0.05, 0) is 59.0 Å². The number of hydrogen-bond donors (Lipinski definition) is 2. The maximum Gasteiger partial charge on any atom is 0.344 e. The lowest BCUT2D eigenvalue weighted by Gasteiger charge is -2.21. The van der Waals surface area contributed by atoms with Crippen molar-refractivity contribution in [1.82, 2.24) is 15.8 Å². The topological polar surface area (TPSA) is 78.5 Å². The number of imide groups is 1. The van der Waals surface area contributed by atoms with Gasteiger partial charge in [0, 0.05) is 0 Å². The van der Waals surface area contributed by atoms with Crippen molar-refractivity contribution in [2.75, 3.05) is 0 Å². The molecule has 1 fully saturated rings. The summed E-state index contributed by atoms with van der Waals surface area (Å²) in [6.07, 6.45) is 0.907. The fraction of sp³-hybridized carbons (Fsp3) is 0.250. The van der Waals surface area contributed by atoms with Crippen LogP contribution in [0.1, 0.15) is 24.5 Å². The van der Waals surface area contributed by atoms with E-state index >= 15 is 0 Å². The Labute approximate surface area is 170 Å². The zero-order chi connectivity index (χ0) is 20.3. The number of aryl methyl sites for hydroxylation is 1. The van der Waals surface area contributed by atoms with Crippen molar-refractivity contribution in [1.29, 1.82) is 0 Å². The van der Waals surface area contributed by atoms with E-state index in [2.05, 4.69) is 26.7 Å². The van der Waals surface area contributed by atoms with Crippen LogP contribution >= 0.6 is 15.9 Å². The van der Waals surface area contributed by atoms with Gasteiger partial charge >= 0.3 is 6.03 Å². The van der Waals surface area contributed by atoms with Crippen molar-refractivity contribution in [2.24, 2.45) is 0 Å². The third kappa shape index (κ3) is 4.39. The Morgan fingerprint density at radius 3 is 2.57 bits per heavy atom. The van der Waals surface area contributed by atoms with E-state index in [1.807, 2.05) is 30.3 Å². The summed E-state index contributed by atoms with van der Waals surface area (Å²) in [5.41, 5.74) is 2.84. The molecule has 1 saturated heterocycles. The number of hydrazine groups is 1. The number of carbonyl (C=O) groups is 3. The molecule has 1 heterocycles. The van der Waals surface area contributed by atoms with E-state index in [0.717, 1.165) is 5.56 Å². The molecular formula is C20H19BrFN3O3. The van der Waals surface area contributed by atoms with E-state index in [4.69, 9.17) is 0 Å². The van der Waals surface area contributed by atoms with Gasteiger partial charge in [0.25, 0.3) is 5.91 Å². The van der Waals surface area contributed by atoms with E-state index in [1.54, 1.807) is 6.92 Å². The summed E-state index contributed by atoms with van der Waals surface area (Å²) in [5.74, 6) is -1.50. The molecule has 0 aliphatic carbocycles. The van der Waals surface area contributed by atoms with E-state index in [9.17, 15) is 18.8 Å². The molecule has 2 N–H and O–H groups in total. The van der Waals surface area contributed by atoms with Crippen LogP contribution in [0.5, 0.6) is 0 Å². The van der Waals surface area contributed by atoms with Gasteiger partial charge in [-0.25, -0.2) is 9.18 Å². The molecule has 0 radical (unpaired) electrons. The minimum atomic E-state index is -1.10. The van der Waals surface area contributed by atoms with Crippen molar-refractivity contribution in [3.05, 3.63) is 69.9 Å². The third-order valence-electron chi connectivity index (χ3n) is 4.60. The summed E-state index contributed by atoms with van der Waals surface area (Å²) >= 11 is 3.06. The largest absolute Gasteiger partial charge is 0.344 e. The predicted octanol–water partition coefficient (Wildman–Crippen LogP) is 3.11. The first-order valence-corrected chi connectivity index (χ1v) is 9.52. The Morgan fingerprint density at radius 2 is 1.89 bits per heavy atom. The minimum Gasteiger partial charge on any atom is -0.322 e. The number of amides is 4. The number of rotatable bonds is 6. The highest BCUT2D eigenvalue weighted by molar-refractivity contribution is 9.10. The van der Waals surface area contributed by atoms with E-state index in [1.165, 1.54) is 18.2 Å². The summed E-state index contributed by atoms with van der Waals surface area (Å²) in [6, 6.07) is 13.1. The molecule has 0 unspecified atom stereocenters. The lowest BCUT2D eigenvalue weighted by atomic mass is 9.93. The highest BCUT2D eigenvalue weighted by Gasteiger charge is 2.48. The van der Waals surface area contributed by atoms with E-state index in [-0.39, 0.29) is 10.9 Å². The number of hydrogen-bond acceptors (Lipinski definition) is 3. The quantitative estimate of drug-likeness (QED) is 0.667. The first-order chi connectivity index (χ1) is 13.3. The molecule has 28 heavy (non-hydrogen) atoms. The third-order valence-corrected chi connectivity index (χ3v) is 5.21. The van der Waals surface area contributed by atoms with Crippen LogP contribution in [0.3, 0.4) is 0 Å². The van der Waals surface area contributed by atoms with Gasteiger partial charge in [0.15, 0.2) is 0 Å². The predicted molar refractivity (Wildman–Crippen MR) is 104 cm³/mol. The van der Waals surface area contributed by atoms with Gasteiger partial charge in [-0.3, -0.25) is 15.0 Å². The maximum atomic E-state index is 13.3. The monoisotopic (exact) mass is 447 g/mol. The molecule has 3 rings (SSSR count). The van der Waals surface area contributed by atoms with Crippen LogP contribution in [0, 0.1) is 5.82 Å². The van der Waals surface area contributed by atoms with Gasteiger partial charge in [-0.15, -0.1) is 0 Å². The smallest absolute Gasteiger partial charge is 0.322 e. The molecular weight excluding hydrogens is 429 g/mol. The normalized spacial score (nSPS) is 18.9. The van der Waals surface area contributed by atoms with Crippen LogP contribution in [0.2, 0.25) is 0 Å². The Kier molecular flexibility index (Phi) is 5.79. The van der Waals surface area contributed by atoms with Crippen LogP contribution in [0.25, 0.3) is 0 Å². The van der Waals surface area contributed by atoms with Gasteiger partial charge in [0.2, 0.25) is 5.91 Å². The second kappa shape index (κ2) is 8.10. The Balaban J connectivity index is 1.62. The Morgan fingerprint density at radius 1 is 1.18 bits per heavy atom. The minimum absolute atomic E-state index is 0.101. The van der Waals surface area contributed by atoms with Gasteiger partial charge in [-0.2, -0.15) is 5.01 Å². The summed E-state index contributed by atoms with van der Waals surface area (Å²) in [6.45, 7) is 1.64. The molecule has 146 valence electrons. The number of urea groups is 1. The van der Waals surface area contributed by atoms with Crippen LogP contribution in [0.4, 0.5) is 9.18 Å². The van der Waals surface area contributed by atoms with Crippen LogP contribution in [-0.4, -0.2) is 28.4 Å². The fourth-order valence-electron chi connectivity index (χ4n) is 2.99. The van der Waals surface area contributed by atoms with Gasteiger partial charge in [-0.1, -0.05) is 36.4 Å². The van der Waals surface area contributed by atoms with Gasteiger partial charge in [0.1, 0.15) is 11.4 Å². The van der Waals surface area contributed by atoms with Crippen molar-refractivity contribution in [3.8, 4) is 0 Å². The maximum absolute atomic E-state index is 13.3. The number of nitrogens with one attached hydrogen (secondary N) is 2. The van der Waals surface area contributed by atoms with Gasteiger partial charge < -0.3 is 5.32 Å². The molecule has 0 bridgehead atoms. The molecule has 0 saturated carbocycles. The molecule has 6 nitrogen and oxygen atoms in total. The summed E-state index contributed by atoms with van der Waals surface area (Å²) in [7, 11) is 0. The van der Waals surface area contributed by atoms with Crippen molar-refractivity contribution in [2.45, 2.75) is 31.7 Å². The van der Waals surface area contributed by atoms with Crippen LogP contribution in [0.15, 0.2) is 53.0 Å². The standard InChI is InChI=1S/C20H19BrFN3O3/c1-20(10-9-13-5-3-2-4-6-13)18(27)25(19(28)23-20)24-17(26)12-14-7-8-16(22)15(21)11-14/h2-8,11H,9-10,12H2,1H3,(H,23,28)(H,24,26)/t20-/m0/s1. The lowest BCUT2D eigenvalue weighted by molar-refractivity contribution is -0.138. The van der Waals surface area contributed by atoms with Crippen molar-refractivity contribution >= 4 is 33.8 Å². The number of nitrogens with zero attached hydrogens (tertiary/aromatic N) is 1.